The van der Waals surface area contributed by atoms with Crippen molar-refractivity contribution in [3.63, 3.8) is 0 Å². The maximum atomic E-state index is 12.6. The zero-order chi connectivity index (χ0) is 19.4. The Morgan fingerprint density at radius 3 is 2.30 bits per heavy atom. The Labute approximate surface area is 164 Å². The van der Waals surface area contributed by atoms with Crippen molar-refractivity contribution in [3.05, 3.63) is 48.5 Å². The molecule has 3 rings (SSSR count). The molecule has 0 aliphatic carbocycles. The molecule has 0 bridgehead atoms. The molecule has 0 atom stereocenters. The Hall–Kier alpha value is -2.20. The van der Waals surface area contributed by atoms with E-state index in [1.165, 1.54) is 4.31 Å². The van der Waals surface area contributed by atoms with Crippen LogP contribution in [0.25, 0.3) is 0 Å². The number of hydrogen-bond acceptors (Lipinski definition) is 5. The van der Waals surface area contributed by atoms with Gasteiger partial charge in [-0.25, -0.2) is 8.42 Å². The van der Waals surface area contributed by atoms with Gasteiger partial charge in [-0.1, -0.05) is 0 Å². The zero-order valence-electron chi connectivity index (χ0n) is 14.8. The van der Waals surface area contributed by atoms with Crippen molar-refractivity contribution < 1.29 is 18.3 Å². The predicted molar refractivity (Wildman–Crippen MR) is 109 cm³/mol. The first-order chi connectivity index (χ1) is 12.9. The fourth-order valence-electron chi connectivity index (χ4n) is 2.65. The first kappa shape index (κ1) is 19.6. The molecule has 7 nitrogen and oxygen atoms in total. The average molecular weight is 408 g/mol. The Morgan fingerprint density at radius 1 is 1.11 bits per heavy atom. The SMILES string of the molecule is CN(C(=S)Nc1ccc(S(=O)(=O)N2CCOCC2)cc1)c1ccc(O)cc1. The summed E-state index contributed by atoms with van der Waals surface area (Å²) in [5.41, 5.74) is 1.50. The van der Waals surface area contributed by atoms with Gasteiger partial charge in [0.05, 0.1) is 18.1 Å². The number of thiocarbonyl (C=S) groups is 1. The number of hydrogen-bond donors (Lipinski definition) is 2. The van der Waals surface area contributed by atoms with Gasteiger partial charge in [0.2, 0.25) is 10.0 Å². The lowest BCUT2D eigenvalue weighted by Crippen LogP contribution is -2.40. The molecular weight excluding hydrogens is 386 g/mol. The van der Waals surface area contributed by atoms with Crippen molar-refractivity contribution in [2.75, 3.05) is 43.6 Å². The first-order valence-electron chi connectivity index (χ1n) is 8.39. The fourth-order valence-corrected chi connectivity index (χ4v) is 4.28. The minimum absolute atomic E-state index is 0.183. The van der Waals surface area contributed by atoms with Gasteiger partial charge in [0.25, 0.3) is 0 Å². The van der Waals surface area contributed by atoms with Crippen LogP contribution < -0.4 is 10.2 Å². The molecule has 1 heterocycles. The maximum absolute atomic E-state index is 12.6. The third-order valence-electron chi connectivity index (χ3n) is 4.26. The molecule has 0 saturated carbocycles. The molecule has 2 aromatic rings. The summed E-state index contributed by atoms with van der Waals surface area (Å²) < 4.78 is 31.9. The number of ether oxygens (including phenoxy) is 1. The number of sulfonamides is 1. The van der Waals surface area contributed by atoms with Gasteiger partial charge in [-0.05, 0) is 60.7 Å². The van der Waals surface area contributed by atoms with Crippen LogP contribution in [-0.2, 0) is 14.8 Å². The van der Waals surface area contributed by atoms with Crippen molar-refractivity contribution in [1.82, 2.24) is 4.31 Å². The van der Waals surface area contributed by atoms with Crippen LogP contribution in [0.4, 0.5) is 11.4 Å². The molecule has 0 spiro atoms. The normalized spacial score (nSPS) is 15.3. The standard InChI is InChI=1S/C18H21N3O4S2/c1-20(15-4-6-16(22)7-5-15)18(26)19-14-2-8-17(9-3-14)27(23,24)21-10-12-25-13-11-21/h2-9,22H,10-13H2,1H3,(H,19,26). The van der Waals surface area contributed by atoms with E-state index in [4.69, 9.17) is 17.0 Å². The monoisotopic (exact) mass is 407 g/mol. The van der Waals surface area contributed by atoms with E-state index in [0.717, 1.165) is 5.69 Å². The third kappa shape index (κ3) is 4.56. The van der Waals surface area contributed by atoms with E-state index < -0.39 is 10.0 Å². The molecule has 2 N–H and O–H groups in total. The van der Waals surface area contributed by atoms with Crippen LogP contribution in [0.1, 0.15) is 0 Å². The van der Waals surface area contributed by atoms with E-state index in [1.54, 1.807) is 60.5 Å². The average Bonchev–Trinajstić information content (AvgIpc) is 2.69. The van der Waals surface area contributed by atoms with E-state index in [1.807, 2.05) is 0 Å². The Kier molecular flexibility index (Phi) is 5.95. The van der Waals surface area contributed by atoms with Crippen molar-refractivity contribution in [1.29, 1.82) is 0 Å². The van der Waals surface area contributed by atoms with Gasteiger partial charge < -0.3 is 20.1 Å². The molecule has 1 saturated heterocycles. The topological polar surface area (TPSA) is 82.1 Å². The number of anilines is 2. The minimum atomic E-state index is -3.51. The summed E-state index contributed by atoms with van der Waals surface area (Å²) in [6, 6.07) is 13.2. The van der Waals surface area contributed by atoms with Crippen molar-refractivity contribution in [2.24, 2.45) is 0 Å². The van der Waals surface area contributed by atoms with Crippen molar-refractivity contribution in [3.8, 4) is 5.75 Å². The lowest BCUT2D eigenvalue weighted by Gasteiger charge is -2.26. The molecule has 0 amide bonds. The predicted octanol–water partition coefficient (Wildman–Crippen LogP) is 2.25. The number of benzene rings is 2. The summed E-state index contributed by atoms with van der Waals surface area (Å²) in [7, 11) is -1.71. The lowest BCUT2D eigenvalue weighted by atomic mass is 10.3. The van der Waals surface area contributed by atoms with Gasteiger partial charge >= 0.3 is 0 Å². The number of rotatable bonds is 4. The molecule has 9 heteroatoms. The summed E-state index contributed by atoms with van der Waals surface area (Å²) in [6.07, 6.45) is 0. The van der Waals surface area contributed by atoms with Gasteiger partial charge in [0, 0.05) is 31.5 Å². The van der Waals surface area contributed by atoms with Gasteiger partial charge in [-0.3, -0.25) is 0 Å². The highest BCUT2D eigenvalue weighted by molar-refractivity contribution is 7.89. The van der Waals surface area contributed by atoms with Crippen molar-refractivity contribution >= 4 is 38.7 Å². The van der Waals surface area contributed by atoms with E-state index in [0.29, 0.717) is 37.1 Å². The number of phenols is 1. The highest BCUT2D eigenvalue weighted by atomic mass is 32.2. The van der Waals surface area contributed by atoms with Gasteiger partial charge in [-0.15, -0.1) is 0 Å². The maximum Gasteiger partial charge on any atom is 0.243 e. The van der Waals surface area contributed by atoms with E-state index in [9.17, 15) is 13.5 Å². The van der Waals surface area contributed by atoms with Crippen LogP contribution in [0.2, 0.25) is 0 Å². The van der Waals surface area contributed by atoms with Crippen LogP contribution >= 0.6 is 12.2 Å². The molecular formula is C18H21N3O4S2. The molecule has 0 aromatic heterocycles. The zero-order valence-corrected chi connectivity index (χ0v) is 16.5. The molecule has 2 aromatic carbocycles. The van der Waals surface area contributed by atoms with Crippen LogP contribution in [0, 0.1) is 0 Å². The summed E-state index contributed by atoms with van der Waals surface area (Å²) in [4.78, 5) is 2.00. The molecule has 144 valence electrons. The second-order valence-corrected chi connectivity index (χ2v) is 8.37. The summed E-state index contributed by atoms with van der Waals surface area (Å²) >= 11 is 5.39. The summed E-state index contributed by atoms with van der Waals surface area (Å²) in [5.74, 6) is 0.183. The molecule has 1 aliphatic heterocycles. The molecule has 1 aliphatic rings. The van der Waals surface area contributed by atoms with E-state index >= 15 is 0 Å². The molecule has 0 radical (unpaired) electrons. The van der Waals surface area contributed by atoms with E-state index in [2.05, 4.69) is 5.32 Å². The number of aromatic hydroxyl groups is 1. The van der Waals surface area contributed by atoms with Crippen LogP contribution in [-0.4, -0.2) is 56.3 Å². The second kappa shape index (κ2) is 8.22. The van der Waals surface area contributed by atoms with Crippen LogP contribution in [0.5, 0.6) is 5.75 Å². The quantitative estimate of drug-likeness (QED) is 0.752. The Morgan fingerprint density at radius 2 is 1.70 bits per heavy atom. The summed E-state index contributed by atoms with van der Waals surface area (Å²) in [5, 5.41) is 12.9. The van der Waals surface area contributed by atoms with E-state index in [-0.39, 0.29) is 10.6 Å². The smallest absolute Gasteiger partial charge is 0.243 e. The largest absolute Gasteiger partial charge is 0.508 e. The van der Waals surface area contributed by atoms with Crippen LogP contribution in [0.15, 0.2) is 53.4 Å². The highest BCUT2D eigenvalue weighted by Gasteiger charge is 2.26. The highest BCUT2D eigenvalue weighted by Crippen LogP contribution is 2.21. The second-order valence-electron chi connectivity index (χ2n) is 6.05. The number of phenolic OH excluding ortho intramolecular Hbond substituents is 1. The first-order valence-corrected chi connectivity index (χ1v) is 10.2. The molecule has 0 unspecified atom stereocenters. The number of morpholine rings is 1. The summed E-state index contributed by atoms with van der Waals surface area (Å²) in [6.45, 7) is 1.56. The van der Waals surface area contributed by atoms with Gasteiger partial charge in [0.15, 0.2) is 5.11 Å². The minimum Gasteiger partial charge on any atom is -0.508 e. The Balaban J connectivity index is 1.68. The number of nitrogens with one attached hydrogen (secondary N) is 1. The van der Waals surface area contributed by atoms with Crippen molar-refractivity contribution in [2.45, 2.75) is 4.90 Å². The number of nitrogens with zero attached hydrogens (tertiary/aromatic N) is 2. The Bertz CT molecular complexity index is 893. The lowest BCUT2D eigenvalue weighted by molar-refractivity contribution is 0.0730. The third-order valence-corrected chi connectivity index (χ3v) is 6.54. The van der Waals surface area contributed by atoms with Crippen LogP contribution in [0.3, 0.4) is 0 Å². The van der Waals surface area contributed by atoms with Gasteiger partial charge in [-0.2, -0.15) is 4.31 Å². The fraction of sp³-hybridized carbons (Fsp3) is 0.278. The van der Waals surface area contributed by atoms with Gasteiger partial charge in [0.1, 0.15) is 5.75 Å². The molecule has 27 heavy (non-hydrogen) atoms. The molecule has 1 fully saturated rings.